The largest absolute Gasteiger partial charge is 0.506 e. The summed E-state index contributed by atoms with van der Waals surface area (Å²) in [5.74, 6) is -1.73. The molecule has 0 aromatic heterocycles. The van der Waals surface area contributed by atoms with Gasteiger partial charge in [0.25, 0.3) is 0 Å². The first kappa shape index (κ1) is 16.1. The summed E-state index contributed by atoms with van der Waals surface area (Å²) in [5.41, 5.74) is 0.370. The van der Waals surface area contributed by atoms with Crippen molar-refractivity contribution in [3.05, 3.63) is 35.9 Å². The van der Waals surface area contributed by atoms with Crippen molar-refractivity contribution < 1.29 is 19.8 Å². The number of fused-ring (bicyclic) bond motifs is 1. The molecular weight excluding hydrogens is 273 g/mol. The summed E-state index contributed by atoms with van der Waals surface area (Å²) in [4.78, 5) is 21.9. The van der Waals surface area contributed by atoms with Crippen LogP contribution >= 0.6 is 0 Å². The fraction of sp³-hybridized carbons (Fsp3) is 0.0769. The molecule has 3 N–H and O–H groups in total. The van der Waals surface area contributed by atoms with Crippen LogP contribution in [-0.4, -0.2) is 73.5 Å². The summed E-state index contributed by atoms with van der Waals surface area (Å²) in [6, 6.07) is 7.79. The number of anilines is 1. The summed E-state index contributed by atoms with van der Waals surface area (Å²) < 4.78 is 0. The molecule has 6 heteroatoms. The van der Waals surface area contributed by atoms with Gasteiger partial charge in [0.2, 0.25) is 5.91 Å². The van der Waals surface area contributed by atoms with Gasteiger partial charge in [-0.25, -0.2) is 4.79 Å². The van der Waals surface area contributed by atoms with E-state index in [0.29, 0.717) is 16.5 Å². The van der Waals surface area contributed by atoms with Gasteiger partial charge in [0.15, 0.2) is 0 Å². The molecule has 2 rings (SSSR count). The smallest absolute Gasteiger partial charge is 0.339 e. The van der Waals surface area contributed by atoms with Gasteiger partial charge in [-0.05, 0) is 12.1 Å². The molecule has 0 aliphatic heterocycles. The molecule has 1 amide bonds. The zero-order chi connectivity index (χ0) is 13.3. The van der Waals surface area contributed by atoms with Crippen LogP contribution in [0, 0.1) is 0 Å². The summed E-state index contributed by atoms with van der Waals surface area (Å²) in [6.45, 7) is 1.38. The molecule has 93 valence electrons. The number of carbonyl (C=O) groups excluding carboxylic acids is 1. The van der Waals surface area contributed by atoms with Gasteiger partial charge in [-0.2, -0.15) is 0 Å². The van der Waals surface area contributed by atoms with Gasteiger partial charge >= 0.3 is 5.97 Å². The molecule has 2 aromatic carbocycles. The molecule has 0 saturated heterocycles. The number of carbonyl (C=O) groups is 2. The fourth-order valence-electron chi connectivity index (χ4n) is 1.81. The Hall–Kier alpha value is -0.924. The van der Waals surface area contributed by atoms with E-state index in [1.807, 2.05) is 0 Å². The molecule has 0 aliphatic carbocycles. The van der Waals surface area contributed by atoms with Crippen molar-refractivity contribution in [2.75, 3.05) is 5.32 Å². The first-order chi connectivity index (χ1) is 8.50. The van der Waals surface area contributed by atoms with Crippen molar-refractivity contribution in [2.24, 2.45) is 0 Å². The Morgan fingerprint density at radius 3 is 2.37 bits per heavy atom. The van der Waals surface area contributed by atoms with Crippen LogP contribution in [0.4, 0.5) is 5.69 Å². The molecule has 0 aliphatic rings. The number of aromatic carboxylic acids is 1. The average molecular weight is 284 g/mol. The molecule has 0 bridgehead atoms. The normalized spacial score (nSPS) is 9.74. The Balaban J connectivity index is 0.00000180. The van der Waals surface area contributed by atoms with E-state index < -0.39 is 5.97 Å². The first-order valence-electron chi connectivity index (χ1n) is 5.26. The summed E-state index contributed by atoms with van der Waals surface area (Å²) >= 11 is 0. The molecule has 1 radical (unpaired) electrons. The van der Waals surface area contributed by atoms with E-state index in [2.05, 4.69) is 5.32 Å². The van der Waals surface area contributed by atoms with Gasteiger partial charge < -0.3 is 15.5 Å². The SMILES string of the molecule is CC(=O)Nc1cccc2c(O)c(C(=O)O)ccc12.[K]. The minimum atomic E-state index is -1.20. The quantitative estimate of drug-likeness (QED) is 0.734. The molecule has 0 atom stereocenters. The third-order valence-corrected chi connectivity index (χ3v) is 2.57. The Bertz CT molecular complexity index is 654. The van der Waals surface area contributed by atoms with E-state index >= 15 is 0 Å². The number of benzene rings is 2. The van der Waals surface area contributed by atoms with E-state index in [4.69, 9.17) is 5.11 Å². The van der Waals surface area contributed by atoms with Crippen molar-refractivity contribution in [1.82, 2.24) is 0 Å². The zero-order valence-corrected chi connectivity index (χ0v) is 13.7. The number of carboxylic acid groups (broad SMARTS) is 1. The van der Waals surface area contributed by atoms with E-state index in [0.717, 1.165) is 0 Å². The number of hydrogen-bond acceptors (Lipinski definition) is 3. The van der Waals surface area contributed by atoms with Crippen molar-refractivity contribution >= 4 is 79.7 Å². The minimum Gasteiger partial charge on any atom is -0.506 e. The predicted molar refractivity (Wildman–Crippen MR) is 72.6 cm³/mol. The molecule has 0 unspecified atom stereocenters. The van der Waals surface area contributed by atoms with Gasteiger partial charge in [-0.15, -0.1) is 0 Å². The number of phenols is 1. The van der Waals surface area contributed by atoms with Crippen LogP contribution in [0.2, 0.25) is 0 Å². The molecule has 19 heavy (non-hydrogen) atoms. The standard InChI is InChI=1S/C13H11NO4.K/c1-7(15)14-11-4-2-3-9-8(11)5-6-10(12(9)16)13(17)18;/h2-6,16H,1H3,(H,14,15)(H,17,18);. The Morgan fingerprint density at radius 2 is 1.79 bits per heavy atom. The summed E-state index contributed by atoms with van der Waals surface area (Å²) in [6.07, 6.45) is 0. The molecule has 0 fully saturated rings. The van der Waals surface area contributed by atoms with Crippen molar-refractivity contribution in [3.8, 4) is 5.75 Å². The summed E-state index contributed by atoms with van der Waals surface area (Å²) in [7, 11) is 0. The number of hydrogen-bond donors (Lipinski definition) is 3. The molecule has 0 heterocycles. The van der Waals surface area contributed by atoms with Gasteiger partial charge in [0.1, 0.15) is 11.3 Å². The maximum Gasteiger partial charge on any atom is 0.339 e. The fourth-order valence-corrected chi connectivity index (χ4v) is 1.81. The van der Waals surface area contributed by atoms with Gasteiger partial charge in [-0.1, -0.05) is 18.2 Å². The average Bonchev–Trinajstić information content (AvgIpc) is 2.29. The first-order valence-corrected chi connectivity index (χ1v) is 5.26. The van der Waals surface area contributed by atoms with Crippen molar-refractivity contribution in [3.63, 3.8) is 0 Å². The van der Waals surface area contributed by atoms with Crippen LogP contribution in [0.25, 0.3) is 10.8 Å². The van der Waals surface area contributed by atoms with E-state index in [-0.39, 0.29) is 68.6 Å². The second-order valence-corrected chi connectivity index (χ2v) is 3.85. The molecule has 0 saturated carbocycles. The third kappa shape index (κ3) is 3.34. The molecule has 5 nitrogen and oxygen atoms in total. The third-order valence-electron chi connectivity index (χ3n) is 2.57. The second-order valence-electron chi connectivity index (χ2n) is 3.85. The number of carboxylic acids is 1. The van der Waals surface area contributed by atoms with Gasteiger partial charge in [0, 0.05) is 74.8 Å². The maximum atomic E-state index is 11.0. The minimum absolute atomic E-state index is 0. The monoisotopic (exact) mass is 284 g/mol. The Labute approximate surface area is 152 Å². The van der Waals surface area contributed by atoms with Crippen LogP contribution in [-0.2, 0) is 4.79 Å². The number of nitrogens with one attached hydrogen (secondary N) is 1. The second kappa shape index (κ2) is 6.49. The van der Waals surface area contributed by atoms with Crippen LogP contribution in [0.1, 0.15) is 17.3 Å². The molecular formula is C13H11KNO4. The van der Waals surface area contributed by atoms with Crippen LogP contribution < -0.4 is 5.32 Å². The Morgan fingerprint density at radius 1 is 1.11 bits per heavy atom. The van der Waals surface area contributed by atoms with E-state index in [1.165, 1.54) is 13.0 Å². The number of rotatable bonds is 2. The van der Waals surface area contributed by atoms with Crippen LogP contribution in [0.15, 0.2) is 30.3 Å². The van der Waals surface area contributed by atoms with Crippen LogP contribution in [0.3, 0.4) is 0 Å². The topological polar surface area (TPSA) is 86.6 Å². The molecule has 2 aromatic rings. The predicted octanol–water partition coefficient (Wildman–Crippen LogP) is 1.82. The maximum absolute atomic E-state index is 11.0. The number of aromatic hydroxyl groups is 1. The van der Waals surface area contributed by atoms with Crippen LogP contribution in [0.5, 0.6) is 5.75 Å². The van der Waals surface area contributed by atoms with Gasteiger partial charge in [-0.3, -0.25) is 4.79 Å². The number of amides is 1. The van der Waals surface area contributed by atoms with E-state index in [9.17, 15) is 14.7 Å². The van der Waals surface area contributed by atoms with Gasteiger partial charge in [0.05, 0.1) is 0 Å². The summed E-state index contributed by atoms with van der Waals surface area (Å²) in [5, 5.41) is 22.4. The van der Waals surface area contributed by atoms with Crippen molar-refractivity contribution in [1.29, 1.82) is 0 Å². The molecule has 0 spiro atoms. The van der Waals surface area contributed by atoms with E-state index in [1.54, 1.807) is 24.3 Å². The zero-order valence-electron chi connectivity index (χ0n) is 10.6. The van der Waals surface area contributed by atoms with Crippen molar-refractivity contribution in [2.45, 2.75) is 6.92 Å². The Kier molecular flexibility index (Phi) is 5.51.